The highest BCUT2D eigenvalue weighted by atomic mass is 79.9. The van der Waals surface area contributed by atoms with E-state index in [9.17, 15) is 18.0 Å². The van der Waals surface area contributed by atoms with Gasteiger partial charge in [-0.1, -0.05) is 45.7 Å². The molecule has 7 nitrogen and oxygen atoms in total. The van der Waals surface area contributed by atoms with E-state index < -0.39 is 16.1 Å². The van der Waals surface area contributed by atoms with Crippen molar-refractivity contribution in [2.75, 3.05) is 23.7 Å². The topological polar surface area (TPSA) is 86.8 Å². The number of nitrogens with one attached hydrogen (secondary N) is 1. The van der Waals surface area contributed by atoms with E-state index in [1.165, 1.54) is 9.21 Å². The lowest BCUT2D eigenvalue weighted by Gasteiger charge is -2.29. The summed E-state index contributed by atoms with van der Waals surface area (Å²) in [5, 5.41) is 3.18. The monoisotopic (exact) mass is 557 g/mol. The molecule has 0 bridgehead atoms. The molecular formula is C23H29BrClN3O4S. The average Bonchev–Trinajstić information content (AvgIpc) is 2.75. The molecule has 0 radical (unpaired) electrons. The van der Waals surface area contributed by atoms with Crippen molar-refractivity contribution in [1.82, 2.24) is 10.2 Å². The number of likely N-dealkylation sites (N-methyl/N-ethyl adjacent to an activating group) is 1. The number of carbonyl (C=O) groups excluding carboxylic acids is 2. The van der Waals surface area contributed by atoms with Gasteiger partial charge in [0.2, 0.25) is 21.8 Å². The molecule has 0 spiro atoms. The second kappa shape index (κ2) is 12.4. The van der Waals surface area contributed by atoms with Gasteiger partial charge in [0.1, 0.15) is 6.04 Å². The number of anilines is 1. The molecular weight excluding hydrogens is 530 g/mol. The fourth-order valence-electron chi connectivity index (χ4n) is 3.33. The predicted octanol–water partition coefficient (Wildman–Crippen LogP) is 4.20. The third-order valence-electron chi connectivity index (χ3n) is 5.03. The summed E-state index contributed by atoms with van der Waals surface area (Å²) in [6, 6.07) is 13.4. The van der Waals surface area contributed by atoms with Crippen molar-refractivity contribution < 1.29 is 18.0 Å². The maximum Gasteiger partial charge on any atom is 0.242 e. The number of carbonyl (C=O) groups is 2. The zero-order valence-electron chi connectivity index (χ0n) is 18.9. The molecule has 33 heavy (non-hydrogen) atoms. The van der Waals surface area contributed by atoms with Crippen LogP contribution in [0.1, 0.15) is 32.3 Å². The van der Waals surface area contributed by atoms with E-state index >= 15 is 0 Å². The summed E-state index contributed by atoms with van der Waals surface area (Å²) in [7, 11) is -3.56. The van der Waals surface area contributed by atoms with E-state index in [0.29, 0.717) is 17.3 Å². The van der Waals surface area contributed by atoms with E-state index in [2.05, 4.69) is 21.2 Å². The van der Waals surface area contributed by atoms with Gasteiger partial charge in [-0.3, -0.25) is 13.9 Å². The second-order valence-corrected chi connectivity index (χ2v) is 10.9. The summed E-state index contributed by atoms with van der Waals surface area (Å²) in [5.74, 6) is -0.462. The third kappa shape index (κ3) is 8.32. The van der Waals surface area contributed by atoms with Crippen molar-refractivity contribution in [3.05, 3.63) is 63.6 Å². The number of hydrogen-bond donors (Lipinski definition) is 1. The lowest BCUT2D eigenvalue weighted by molar-refractivity contribution is -0.140. The fourth-order valence-corrected chi connectivity index (χ4v) is 4.73. The Morgan fingerprint density at radius 3 is 2.39 bits per heavy atom. The van der Waals surface area contributed by atoms with Crippen molar-refractivity contribution in [3.63, 3.8) is 0 Å². The van der Waals surface area contributed by atoms with Crippen LogP contribution in [0.25, 0.3) is 0 Å². The zero-order chi connectivity index (χ0) is 24.6. The van der Waals surface area contributed by atoms with Gasteiger partial charge < -0.3 is 10.2 Å². The van der Waals surface area contributed by atoms with Crippen molar-refractivity contribution >= 4 is 55.1 Å². The number of nitrogens with zero attached hydrogens (tertiary/aromatic N) is 2. The molecule has 0 saturated carbocycles. The maximum atomic E-state index is 13.1. The van der Waals surface area contributed by atoms with Gasteiger partial charge in [0.15, 0.2) is 0 Å². The minimum absolute atomic E-state index is 0.0901. The van der Waals surface area contributed by atoms with Crippen molar-refractivity contribution in [2.45, 2.75) is 39.3 Å². The standard InChI is InChI=1S/C23H29BrClN3O4S/c1-4-26-23(30)17(2)27(16-18-10-12-19(24)13-11-18)22(29)9-6-14-28(33(3,31)32)21-8-5-7-20(25)15-21/h5,7-8,10-13,15,17H,4,6,9,14,16H2,1-3H3,(H,26,30)/t17-/m0/s1. The summed E-state index contributed by atoms with van der Waals surface area (Å²) in [5.41, 5.74) is 1.33. The van der Waals surface area contributed by atoms with Crippen LogP contribution in [0.5, 0.6) is 0 Å². The van der Waals surface area contributed by atoms with Gasteiger partial charge in [-0.25, -0.2) is 8.42 Å². The van der Waals surface area contributed by atoms with E-state index in [1.807, 2.05) is 31.2 Å². The highest BCUT2D eigenvalue weighted by Gasteiger charge is 2.26. The third-order valence-corrected chi connectivity index (χ3v) is 6.99. The van der Waals surface area contributed by atoms with Crippen LogP contribution < -0.4 is 9.62 Å². The Kier molecular flexibility index (Phi) is 10.2. The fraction of sp³-hybridized carbons (Fsp3) is 0.391. The molecule has 0 unspecified atom stereocenters. The lowest BCUT2D eigenvalue weighted by Crippen LogP contribution is -2.47. The first kappa shape index (κ1) is 27.1. The van der Waals surface area contributed by atoms with E-state index in [0.717, 1.165) is 16.3 Å². The quantitative estimate of drug-likeness (QED) is 0.448. The van der Waals surface area contributed by atoms with Gasteiger partial charge >= 0.3 is 0 Å². The SMILES string of the molecule is CCNC(=O)[C@H](C)N(Cc1ccc(Br)cc1)C(=O)CCCN(c1cccc(Cl)c1)S(C)(=O)=O. The lowest BCUT2D eigenvalue weighted by atomic mass is 10.1. The summed E-state index contributed by atoms with van der Waals surface area (Å²) in [6.07, 6.45) is 1.50. The summed E-state index contributed by atoms with van der Waals surface area (Å²) in [4.78, 5) is 27.1. The van der Waals surface area contributed by atoms with E-state index in [-0.39, 0.29) is 37.7 Å². The first-order chi connectivity index (χ1) is 15.5. The van der Waals surface area contributed by atoms with Crippen LogP contribution in [0, 0.1) is 0 Å². The zero-order valence-corrected chi connectivity index (χ0v) is 22.1. The smallest absolute Gasteiger partial charge is 0.242 e. The second-order valence-electron chi connectivity index (χ2n) is 7.64. The normalized spacial score (nSPS) is 12.2. The van der Waals surface area contributed by atoms with Crippen LogP contribution >= 0.6 is 27.5 Å². The van der Waals surface area contributed by atoms with Gasteiger partial charge in [-0.2, -0.15) is 0 Å². The Morgan fingerprint density at radius 1 is 1.15 bits per heavy atom. The van der Waals surface area contributed by atoms with Crippen LogP contribution in [-0.2, 0) is 26.2 Å². The van der Waals surface area contributed by atoms with Crippen LogP contribution in [0.4, 0.5) is 5.69 Å². The van der Waals surface area contributed by atoms with Crippen molar-refractivity contribution in [3.8, 4) is 0 Å². The Labute approximate surface area is 209 Å². The highest BCUT2D eigenvalue weighted by Crippen LogP contribution is 2.23. The Bertz CT molecular complexity index is 1060. The minimum atomic E-state index is -3.56. The number of halogens is 2. The van der Waals surface area contributed by atoms with Gasteiger partial charge in [0.25, 0.3) is 0 Å². The molecule has 10 heteroatoms. The maximum absolute atomic E-state index is 13.1. The van der Waals surface area contributed by atoms with Crippen molar-refractivity contribution in [2.24, 2.45) is 0 Å². The number of hydrogen-bond acceptors (Lipinski definition) is 4. The number of amides is 2. The first-order valence-electron chi connectivity index (χ1n) is 10.6. The molecule has 2 rings (SSSR count). The molecule has 2 aromatic carbocycles. The van der Waals surface area contributed by atoms with Crippen LogP contribution in [0.3, 0.4) is 0 Å². The summed E-state index contributed by atoms with van der Waals surface area (Å²) < 4.78 is 26.8. The van der Waals surface area contributed by atoms with Crippen LogP contribution in [-0.4, -0.2) is 50.5 Å². The number of rotatable bonds is 11. The van der Waals surface area contributed by atoms with Crippen molar-refractivity contribution in [1.29, 1.82) is 0 Å². The van der Waals surface area contributed by atoms with Crippen LogP contribution in [0.2, 0.25) is 5.02 Å². The predicted molar refractivity (Wildman–Crippen MR) is 136 cm³/mol. The van der Waals surface area contributed by atoms with Gasteiger partial charge in [-0.15, -0.1) is 0 Å². The molecule has 0 aliphatic rings. The molecule has 180 valence electrons. The number of benzene rings is 2. The molecule has 0 saturated heterocycles. The summed E-state index contributed by atoms with van der Waals surface area (Å²) >= 11 is 9.41. The Hall–Kier alpha value is -2.10. The minimum Gasteiger partial charge on any atom is -0.355 e. The average molecular weight is 559 g/mol. The molecule has 2 amide bonds. The summed E-state index contributed by atoms with van der Waals surface area (Å²) in [6.45, 7) is 4.37. The van der Waals surface area contributed by atoms with Gasteiger partial charge in [-0.05, 0) is 56.2 Å². The molecule has 2 aromatic rings. The molecule has 0 aromatic heterocycles. The Balaban J connectivity index is 2.14. The highest BCUT2D eigenvalue weighted by molar-refractivity contribution is 9.10. The molecule has 0 heterocycles. The van der Waals surface area contributed by atoms with E-state index in [1.54, 1.807) is 31.2 Å². The molecule has 0 aliphatic carbocycles. The Morgan fingerprint density at radius 2 is 1.82 bits per heavy atom. The molecule has 0 fully saturated rings. The first-order valence-corrected chi connectivity index (χ1v) is 13.6. The molecule has 1 atom stereocenters. The molecule has 0 aliphatic heterocycles. The van der Waals surface area contributed by atoms with Gasteiger partial charge in [0, 0.05) is 35.6 Å². The number of sulfonamides is 1. The molecule has 1 N–H and O–H groups in total. The largest absolute Gasteiger partial charge is 0.355 e. The van der Waals surface area contributed by atoms with E-state index in [4.69, 9.17) is 11.6 Å². The van der Waals surface area contributed by atoms with Gasteiger partial charge in [0.05, 0.1) is 11.9 Å². The van der Waals surface area contributed by atoms with Crippen LogP contribution in [0.15, 0.2) is 53.0 Å².